The molecule has 1 aliphatic rings. The van der Waals surface area contributed by atoms with Gasteiger partial charge in [0.2, 0.25) is 0 Å². The van der Waals surface area contributed by atoms with Gasteiger partial charge < -0.3 is 10.3 Å². The molecular formula is C13H15N3. The molecule has 0 saturated heterocycles. The van der Waals surface area contributed by atoms with Crippen LogP contribution >= 0.6 is 0 Å². The van der Waals surface area contributed by atoms with Crippen molar-refractivity contribution >= 4 is 0 Å². The van der Waals surface area contributed by atoms with Crippen LogP contribution in [0, 0.1) is 0 Å². The Bertz CT molecular complexity index is 480. The van der Waals surface area contributed by atoms with Gasteiger partial charge in [0.15, 0.2) is 0 Å². The number of nitrogens with two attached hydrogens (primary N) is 1. The van der Waals surface area contributed by atoms with Crippen LogP contribution in [0.5, 0.6) is 0 Å². The summed E-state index contributed by atoms with van der Waals surface area (Å²) >= 11 is 0. The number of hydrogen-bond acceptors (Lipinski definition) is 2. The van der Waals surface area contributed by atoms with E-state index >= 15 is 0 Å². The number of aromatic nitrogens is 2. The summed E-state index contributed by atoms with van der Waals surface area (Å²) < 4.78 is 2.18. The highest BCUT2D eigenvalue weighted by Gasteiger charge is 2.28. The lowest BCUT2D eigenvalue weighted by atomic mass is 10.2. The van der Waals surface area contributed by atoms with E-state index in [9.17, 15) is 0 Å². The summed E-state index contributed by atoms with van der Waals surface area (Å²) in [6, 6.07) is 8.36. The van der Waals surface area contributed by atoms with Gasteiger partial charge in [0.25, 0.3) is 0 Å². The highest BCUT2D eigenvalue weighted by molar-refractivity contribution is 5.36. The van der Waals surface area contributed by atoms with E-state index in [0.29, 0.717) is 12.5 Å². The second kappa shape index (κ2) is 3.76. The van der Waals surface area contributed by atoms with Crippen LogP contribution in [0.1, 0.15) is 30.1 Å². The average Bonchev–Trinajstić information content (AvgIpc) is 3.07. The van der Waals surface area contributed by atoms with Crippen LogP contribution in [-0.4, -0.2) is 9.55 Å². The number of hydrogen-bond donors (Lipinski definition) is 1. The van der Waals surface area contributed by atoms with Gasteiger partial charge in [-0.05, 0) is 30.5 Å². The van der Waals surface area contributed by atoms with Crippen molar-refractivity contribution in [1.29, 1.82) is 0 Å². The van der Waals surface area contributed by atoms with E-state index in [0.717, 1.165) is 5.56 Å². The Morgan fingerprint density at radius 1 is 1.25 bits per heavy atom. The zero-order valence-corrected chi connectivity index (χ0v) is 9.13. The van der Waals surface area contributed by atoms with Crippen LogP contribution < -0.4 is 5.73 Å². The van der Waals surface area contributed by atoms with E-state index in [-0.39, 0.29) is 0 Å². The van der Waals surface area contributed by atoms with E-state index in [4.69, 9.17) is 5.73 Å². The molecule has 2 aromatic rings. The lowest BCUT2D eigenvalue weighted by Gasteiger charge is -2.07. The van der Waals surface area contributed by atoms with Gasteiger partial charge >= 0.3 is 0 Å². The van der Waals surface area contributed by atoms with Crippen LogP contribution in [0.25, 0.3) is 5.69 Å². The number of imidazole rings is 1. The van der Waals surface area contributed by atoms with Crippen molar-refractivity contribution in [2.75, 3.05) is 0 Å². The lowest BCUT2D eigenvalue weighted by molar-refractivity contribution is 0.879. The van der Waals surface area contributed by atoms with Crippen molar-refractivity contribution < 1.29 is 0 Å². The molecule has 1 aliphatic carbocycles. The molecule has 0 unspecified atom stereocenters. The lowest BCUT2D eigenvalue weighted by Crippen LogP contribution is -2.00. The summed E-state index contributed by atoms with van der Waals surface area (Å²) in [4.78, 5) is 4.44. The molecule has 1 heterocycles. The molecule has 1 saturated carbocycles. The van der Waals surface area contributed by atoms with Gasteiger partial charge in [-0.1, -0.05) is 12.1 Å². The fourth-order valence-electron chi connectivity index (χ4n) is 1.97. The van der Waals surface area contributed by atoms with Crippen molar-refractivity contribution in [3.05, 3.63) is 48.0 Å². The monoisotopic (exact) mass is 213 g/mol. The van der Waals surface area contributed by atoms with Crippen LogP contribution in [-0.2, 0) is 6.54 Å². The predicted octanol–water partition coefficient (Wildman–Crippen LogP) is 2.21. The second-order valence-electron chi connectivity index (χ2n) is 4.30. The molecule has 1 aromatic heterocycles. The van der Waals surface area contributed by atoms with E-state index in [1.54, 1.807) is 0 Å². The maximum atomic E-state index is 5.59. The molecule has 3 nitrogen and oxygen atoms in total. The van der Waals surface area contributed by atoms with Crippen molar-refractivity contribution in [3.63, 3.8) is 0 Å². The van der Waals surface area contributed by atoms with Gasteiger partial charge in [-0.2, -0.15) is 0 Å². The van der Waals surface area contributed by atoms with Crippen molar-refractivity contribution in [2.24, 2.45) is 5.73 Å². The molecule has 82 valence electrons. The van der Waals surface area contributed by atoms with Crippen LogP contribution in [0.2, 0.25) is 0 Å². The molecule has 16 heavy (non-hydrogen) atoms. The first kappa shape index (κ1) is 9.60. The van der Waals surface area contributed by atoms with Crippen LogP contribution in [0.15, 0.2) is 36.7 Å². The molecule has 3 heteroatoms. The van der Waals surface area contributed by atoms with Gasteiger partial charge in [0.05, 0.1) is 0 Å². The minimum atomic E-state index is 0.597. The largest absolute Gasteiger partial charge is 0.326 e. The van der Waals surface area contributed by atoms with E-state index in [1.165, 1.54) is 24.4 Å². The van der Waals surface area contributed by atoms with Crippen LogP contribution in [0.3, 0.4) is 0 Å². The molecule has 1 fully saturated rings. The molecule has 0 atom stereocenters. The highest BCUT2D eigenvalue weighted by Crippen LogP contribution is 2.39. The normalized spacial score (nSPS) is 15.3. The summed E-state index contributed by atoms with van der Waals surface area (Å²) in [6.45, 7) is 0.597. The Balaban J connectivity index is 1.97. The molecular weight excluding hydrogens is 198 g/mol. The summed E-state index contributed by atoms with van der Waals surface area (Å²) in [7, 11) is 0. The predicted molar refractivity (Wildman–Crippen MR) is 63.4 cm³/mol. The quantitative estimate of drug-likeness (QED) is 0.849. The SMILES string of the molecule is NCc1ccc(-n2ccnc2C2CC2)cc1. The third-order valence-electron chi connectivity index (χ3n) is 3.06. The molecule has 1 aromatic carbocycles. The van der Waals surface area contributed by atoms with Crippen molar-refractivity contribution in [2.45, 2.75) is 25.3 Å². The Kier molecular flexibility index (Phi) is 2.26. The molecule has 0 aliphatic heterocycles. The maximum Gasteiger partial charge on any atom is 0.116 e. The van der Waals surface area contributed by atoms with Gasteiger partial charge in [0, 0.05) is 30.5 Å². The Morgan fingerprint density at radius 2 is 2.00 bits per heavy atom. The minimum Gasteiger partial charge on any atom is -0.326 e. The topological polar surface area (TPSA) is 43.8 Å². The second-order valence-corrected chi connectivity index (χ2v) is 4.30. The van der Waals surface area contributed by atoms with E-state index in [1.807, 2.05) is 12.4 Å². The van der Waals surface area contributed by atoms with Crippen molar-refractivity contribution in [3.8, 4) is 5.69 Å². The summed E-state index contributed by atoms with van der Waals surface area (Å²) in [5.41, 5.74) is 7.93. The molecule has 2 N–H and O–H groups in total. The van der Waals surface area contributed by atoms with Gasteiger partial charge in [0.1, 0.15) is 5.82 Å². The molecule has 0 bridgehead atoms. The third kappa shape index (κ3) is 1.63. The number of benzene rings is 1. The molecule has 0 spiro atoms. The summed E-state index contributed by atoms with van der Waals surface area (Å²) in [6.07, 6.45) is 6.46. The molecule has 0 amide bonds. The standard InChI is InChI=1S/C13H15N3/c14-9-10-1-5-12(6-2-10)16-8-7-15-13(16)11-3-4-11/h1-2,5-8,11H,3-4,9,14H2. The first-order chi connectivity index (χ1) is 7.88. The zero-order valence-electron chi connectivity index (χ0n) is 9.13. The Labute approximate surface area is 94.9 Å². The number of nitrogens with zero attached hydrogens (tertiary/aromatic N) is 2. The zero-order chi connectivity index (χ0) is 11.0. The summed E-state index contributed by atoms with van der Waals surface area (Å²) in [5.74, 6) is 1.87. The third-order valence-corrected chi connectivity index (χ3v) is 3.06. The van der Waals surface area contributed by atoms with E-state index < -0.39 is 0 Å². The van der Waals surface area contributed by atoms with E-state index in [2.05, 4.69) is 33.8 Å². The smallest absolute Gasteiger partial charge is 0.116 e. The highest BCUT2D eigenvalue weighted by atomic mass is 15.1. The Hall–Kier alpha value is -1.61. The van der Waals surface area contributed by atoms with Gasteiger partial charge in [-0.15, -0.1) is 0 Å². The average molecular weight is 213 g/mol. The Morgan fingerprint density at radius 3 is 2.62 bits per heavy atom. The molecule has 0 radical (unpaired) electrons. The first-order valence-electron chi connectivity index (χ1n) is 5.71. The van der Waals surface area contributed by atoms with Crippen molar-refractivity contribution in [1.82, 2.24) is 9.55 Å². The fraction of sp³-hybridized carbons (Fsp3) is 0.308. The first-order valence-corrected chi connectivity index (χ1v) is 5.71. The molecule has 3 rings (SSSR count). The van der Waals surface area contributed by atoms with Gasteiger partial charge in [-0.25, -0.2) is 4.98 Å². The van der Waals surface area contributed by atoms with Gasteiger partial charge in [-0.3, -0.25) is 0 Å². The number of rotatable bonds is 3. The maximum absolute atomic E-state index is 5.59. The minimum absolute atomic E-state index is 0.597. The van der Waals surface area contributed by atoms with Crippen LogP contribution in [0.4, 0.5) is 0 Å². The fourth-order valence-corrected chi connectivity index (χ4v) is 1.97. The summed E-state index contributed by atoms with van der Waals surface area (Å²) in [5, 5.41) is 0.